The van der Waals surface area contributed by atoms with Gasteiger partial charge >= 0.3 is 0 Å². The van der Waals surface area contributed by atoms with Crippen molar-refractivity contribution in [2.24, 2.45) is 11.6 Å². The number of hydrazine groups is 1. The van der Waals surface area contributed by atoms with Crippen LogP contribution in [0.3, 0.4) is 0 Å². The Morgan fingerprint density at radius 3 is 2.62 bits per heavy atom. The Morgan fingerprint density at radius 2 is 2.04 bits per heavy atom. The molecule has 1 aliphatic rings. The summed E-state index contributed by atoms with van der Waals surface area (Å²) in [7, 11) is 3.63. The van der Waals surface area contributed by atoms with Gasteiger partial charge in [-0.05, 0) is 50.5 Å². The molecule has 0 fully saturated rings. The maximum absolute atomic E-state index is 12.7. The zero-order valence-electron chi connectivity index (χ0n) is 15.3. The fraction of sp³-hybridized carbons (Fsp3) is 0.412. The molecule has 1 heterocycles. The molecule has 0 aromatic heterocycles. The van der Waals surface area contributed by atoms with Gasteiger partial charge in [-0.1, -0.05) is 13.0 Å². The first-order valence-electron chi connectivity index (χ1n) is 8.35. The van der Waals surface area contributed by atoms with E-state index in [0.29, 0.717) is 13.1 Å². The molecule has 0 aliphatic carbocycles. The highest BCUT2D eigenvalue weighted by Gasteiger charge is 2.29. The van der Waals surface area contributed by atoms with E-state index >= 15 is 0 Å². The molecule has 9 heteroatoms. The van der Waals surface area contributed by atoms with Crippen LogP contribution in [0.5, 0.6) is 0 Å². The molecule has 26 heavy (non-hydrogen) atoms. The molecule has 0 bridgehead atoms. The number of carbonyl (C=O) groups excluding carboxylic acids is 2. The van der Waals surface area contributed by atoms with Gasteiger partial charge in [0.05, 0.1) is 6.54 Å². The fourth-order valence-corrected chi connectivity index (χ4v) is 2.92. The third kappa shape index (κ3) is 4.12. The third-order valence-electron chi connectivity index (χ3n) is 4.54. The van der Waals surface area contributed by atoms with Crippen LogP contribution in [0.25, 0.3) is 0 Å². The molecule has 0 saturated heterocycles. The number of likely N-dealkylation sites (N-methyl/N-ethyl adjacent to an activating group) is 2. The molecule has 0 spiro atoms. The number of thiol groups is 1. The van der Waals surface area contributed by atoms with Gasteiger partial charge in [0.2, 0.25) is 5.91 Å². The highest BCUT2D eigenvalue weighted by Crippen LogP contribution is 2.33. The van der Waals surface area contributed by atoms with Crippen LogP contribution in [0.2, 0.25) is 0 Å². The summed E-state index contributed by atoms with van der Waals surface area (Å²) in [4.78, 5) is 30.2. The Bertz CT molecular complexity index is 721. The summed E-state index contributed by atoms with van der Waals surface area (Å²) < 4.78 is 0.903. The first-order valence-corrected chi connectivity index (χ1v) is 8.75. The van der Waals surface area contributed by atoms with Gasteiger partial charge in [0.25, 0.3) is 5.91 Å². The lowest BCUT2D eigenvalue weighted by molar-refractivity contribution is -0.119. The van der Waals surface area contributed by atoms with E-state index < -0.39 is 0 Å². The van der Waals surface area contributed by atoms with Crippen molar-refractivity contribution >= 4 is 36.0 Å². The lowest BCUT2D eigenvalue weighted by Crippen LogP contribution is -2.38. The average molecular weight is 379 g/mol. The van der Waals surface area contributed by atoms with E-state index in [4.69, 9.17) is 11.6 Å². The van der Waals surface area contributed by atoms with Crippen LogP contribution in [-0.2, 0) is 16.0 Å². The van der Waals surface area contributed by atoms with E-state index in [9.17, 15) is 9.59 Å². The number of nitrogens with zero attached hydrogens (tertiary/aromatic N) is 4. The molecule has 0 radical (unpaired) electrons. The maximum atomic E-state index is 12.7. The van der Waals surface area contributed by atoms with Crippen molar-refractivity contribution in [2.75, 3.05) is 43.5 Å². The summed E-state index contributed by atoms with van der Waals surface area (Å²) >= 11 is 3.95. The Kier molecular flexibility index (Phi) is 6.52. The Hall–Kier alpha value is -2.23. The van der Waals surface area contributed by atoms with Crippen LogP contribution in [0.1, 0.15) is 12.5 Å². The smallest absolute Gasteiger partial charge is 0.278 e. The van der Waals surface area contributed by atoms with Crippen LogP contribution in [0, 0.1) is 0 Å². The van der Waals surface area contributed by atoms with E-state index in [-0.39, 0.29) is 17.5 Å². The summed E-state index contributed by atoms with van der Waals surface area (Å²) in [6, 6.07) is 5.68. The van der Waals surface area contributed by atoms with Gasteiger partial charge in [-0.15, -0.1) is 0 Å². The van der Waals surface area contributed by atoms with Crippen LogP contribution in [-0.4, -0.2) is 54.9 Å². The summed E-state index contributed by atoms with van der Waals surface area (Å²) in [5.74, 6) is 5.21. The van der Waals surface area contributed by atoms with Crippen molar-refractivity contribution in [1.82, 2.24) is 9.31 Å². The number of carbonyl (C=O) groups is 2. The number of rotatable bonds is 6. The average Bonchev–Trinajstić information content (AvgIpc) is 3.04. The van der Waals surface area contributed by atoms with Gasteiger partial charge < -0.3 is 15.5 Å². The van der Waals surface area contributed by atoms with Gasteiger partial charge in [-0.2, -0.15) is 0 Å². The lowest BCUT2D eigenvalue weighted by atomic mass is 10.1. The highest BCUT2D eigenvalue weighted by atomic mass is 32.1. The second-order valence-corrected chi connectivity index (χ2v) is 6.63. The molecule has 2 rings (SSSR count). The topological polar surface area (TPSA) is 99.1 Å². The number of benzene rings is 1. The summed E-state index contributed by atoms with van der Waals surface area (Å²) in [5.41, 5.74) is 8.10. The number of amides is 2. The predicted molar refractivity (Wildman–Crippen MR) is 106 cm³/mol. The molecule has 142 valence electrons. The number of hydrogen-bond donors (Lipinski definition) is 3. The SMILES string of the molecule is CCN(C)CC(=O)N(C)c1ccc2c(c1)N(C(=O)/C(=C/N)N(N)S)CC2. The van der Waals surface area contributed by atoms with Crippen LogP contribution >= 0.6 is 12.8 Å². The number of fused-ring (bicyclic) bond motifs is 1. The number of anilines is 2. The van der Waals surface area contributed by atoms with Gasteiger partial charge in [0.1, 0.15) is 5.70 Å². The Balaban J connectivity index is 2.26. The third-order valence-corrected chi connectivity index (χ3v) is 4.76. The van der Waals surface area contributed by atoms with Crippen LogP contribution in [0.4, 0.5) is 11.4 Å². The molecule has 0 saturated carbocycles. The van der Waals surface area contributed by atoms with Crippen molar-refractivity contribution in [2.45, 2.75) is 13.3 Å². The van der Waals surface area contributed by atoms with Crippen molar-refractivity contribution < 1.29 is 9.59 Å². The van der Waals surface area contributed by atoms with Crippen LogP contribution < -0.4 is 21.4 Å². The first kappa shape index (κ1) is 20.1. The Morgan fingerprint density at radius 1 is 1.35 bits per heavy atom. The zero-order valence-corrected chi connectivity index (χ0v) is 16.2. The van der Waals surface area contributed by atoms with E-state index in [1.54, 1.807) is 16.8 Å². The normalized spacial score (nSPS) is 13.8. The lowest BCUT2D eigenvalue weighted by Gasteiger charge is -2.24. The molecule has 4 N–H and O–H groups in total. The Labute approximate surface area is 159 Å². The summed E-state index contributed by atoms with van der Waals surface area (Å²) in [5, 5.41) is 0. The van der Waals surface area contributed by atoms with E-state index in [2.05, 4.69) is 12.8 Å². The van der Waals surface area contributed by atoms with Gasteiger partial charge in [-0.25, -0.2) is 10.3 Å². The predicted octanol–water partition coefficient (Wildman–Crippen LogP) is 0.311. The van der Waals surface area contributed by atoms with E-state index in [1.807, 2.05) is 37.1 Å². The minimum atomic E-state index is -0.333. The maximum Gasteiger partial charge on any atom is 0.278 e. The summed E-state index contributed by atoms with van der Waals surface area (Å²) in [6.45, 7) is 3.64. The molecule has 8 nitrogen and oxygen atoms in total. The molecular formula is C17H26N6O2S. The quantitative estimate of drug-likeness (QED) is 0.285. The zero-order chi connectivity index (χ0) is 19.4. The fourth-order valence-electron chi connectivity index (χ4n) is 2.76. The minimum Gasteiger partial charge on any atom is -0.403 e. The van der Waals surface area contributed by atoms with E-state index in [0.717, 1.165) is 40.5 Å². The van der Waals surface area contributed by atoms with E-state index in [1.165, 1.54) is 0 Å². The van der Waals surface area contributed by atoms with Crippen molar-refractivity contribution in [3.63, 3.8) is 0 Å². The molecule has 0 unspecified atom stereocenters. The largest absolute Gasteiger partial charge is 0.403 e. The van der Waals surface area contributed by atoms with Crippen LogP contribution in [0.15, 0.2) is 30.1 Å². The molecule has 1 aliphatic heterocycles. The minimum absolute atomic E-state index is 0.0174. The first-order chi connectivity index (χ1) is 12.3. The monoisotopic (exact) mass is 378 g/mol. The van der Waals surface area contributed by atoms with Crippen molar-refractivity contribution in [1.29, 1.82) is 0 Å². The van der Waals surface area contributed by atoms with Crippen molar-refractivity contribution in [3.8, 4) is 0 Å². The molecule has 0 atom stereocenters. The number of hydrogen-bond acceptors (Lipinski definition) is 7. The molecular weight excluding hydrogens is 352 g/mol. The molecule has 2 amide bonds. The molecule has 1 aromatic rings. The standard InChI is InChI=1S/C17H26N6O2S/c1-4-20(2)11-16(24)21(3)13-6-5-12-7-8-22(14(12)9-13)17(25)15(10-18)23(19)26/h5-6,9-10,26H,4,7-8,11,18-19H2,1-3H3/b15-10-. The highest BCUT2D eigenvalue weighted by molar-refractivity contribution is 7.77. The molecule has 1 aromatic carbocycles. The van der Waals surface area contributed by atoms with Crippen molar-refractivity contribution in [3.05, 3.63) is 35.7 Å². The second-order valence-electron chi connectivity index (χ2n) is 6.20. The summed E-state index contributed by atoms with van der Waals surface area (Å²) in [6.07, 6.45) is 1.86. The second kappa shape index (κ2) is 8.43. The van der Waals surface area contributed by atoms with Gasteiger partial charge in [0, 0.05) is 31.2 Å². The number of nitrogens with two attached hydrogens (primary N) is 2. The van der Waals surface area contributed by atoms with Gasteiger partial charge in [-0.3, -0.25) is 14.5 Å². The van der Waals surface area contributed by atoms with Gasteiger partial charge in [0.15, 0.2) is 0 Å².